The van der Waals surface area contributed by atoms with Gasteiger partial charge in [-0.05, 0) is 23.1 Å². The maximum absolute atomic E-state index is 12.9. The third kappa shape index (κ3) is 3.61. The van der Waals surface area contributed by atoms with Crippen molar-refractivity contribution in [3.05, 3.63) is 107 Å². The van der Waals surface area contributed by atoms with Crippen LogP contribution in [0.5, 0.6) is 0 Å². The predicted octanol–water partition coefficient (Wildman–Crippen LogP) is 5.06. The number of rotatable bonds is 5. The van der Waals surface area contributed by atoms with Crippen LogP contribution in [-0.2, 0) is 13.0 Å². The van der Waals surface area contributed by atoms with Crippen LogP contribution in [0.4, 0.5) is 0 Å². The molecule has 3 aromatic rings. The number of fused-ring (bicyclic) bond motifs is 1. The Labute approximate surface area is 155 Å². The molecular weight excluding hydrogens is 318 g/mol. The Balaban J connectivity index is 1.61. The van der Waals surface area contributed by atoms with E-state index in [4.69, 9.17) is 0 Å². The highest BCUT2D eigenvalue weighted by atomic mass is 16.1. The number of carbonyl (C=O) groups excluding carboxylic acids is 1. The van der Waals surface area contributed by atoms with Crippen molar-refractivity contribution >= 4 is 5.78 Å². The summed E-state index contributed by atoms with van der Waals surface area (Å²) in [5.41, 5.74) is 4.83. The number of carbonyl (C=O) groups is 1. The van der Waals surface area contributed by atoms with Gasteiger partial charge in [-0.15, -0.1) is 0 Å². The van der Waals surface area contributed by atoms with E-state index in [1.54, 1.807) is 0 Å². The highest BCUT2D eigenvalue weighted by molar-refractivity contribution is 5.96. The minimum atomic E-state index is 0.109. The van der Waals surface area contributed by atoms with E-state index < -0.39 is 0 Å². The van der Waals surface area contributed by atoms with E-state index in [-0.39, 0.29) is 11.8 Å². The number of hydrogen-bond donors (Lipinski definition) is 0. The van der Waals surface area contributed by atoms with Crippen molar-refractivity contribution in [1.82, 2.24) is 4.90 Å². The van der Waals surface area contributed by atoms with Crippen molar-refractivity contribution in [2.24, 2.45) is 0 Å². The molecule has 0 bridgehead atoms. The summed E-state index contributed by atoms with van der Waals surface area (Å²) >= 11 is 0. The molecule has 3 aromatic carbocycles. The Morgan fingerprint density at radius 3 is 2.15 bits per heavy atom. The van der Waals surface area contributed by atoms with Crippen molar-refractivity contribution in [3.63, 3.8) is 0 Å². The number of Topliss-reactive ketones (excluding diaryl/α,β-unsaturated/α-hetero) is 1. The summed E-state index contributed by atoms with van der Waals surface area (Å²) in [6.45, 7) is 1.89. The van der Waals surface area contributed by atoms with E-state index in [1.165, 1.54) is 16.7 Å². The van der Waals surface area contributed by atoms with Gasteiger partial charge >= 0.3 is 0 Å². The Hall–Kier alpha value is -2.71. The molecule has 1 atom stereocenters. The van der Waals surface area contributed by atoms with Gasteiger partial charge in [0, 0.05) is 31.1 Å². The molecule has 0 N–H and O–H groups in total. The molecular formula is C24H23NO. The molecule has 1 heterocycles. The van der Waals surface area contributed by atoms with Crippen molar-refractivity contribution in [2.45, 2.75) is 25.4 Å². The number of hydrogen-bond acceptors (Lipinski definition) is 2. The molecule has 130 valence electrons. The average Bonchev–Trinajstić information content (AvgIpc) is 2.73. The van der Waals surface area contributed by atoms with Crippen LogP contribution in [0.3, 0.4) is 0 Å². The second-order valence-electron chi connectivity index (χ2n) is 6.91. The molecule has 0 amide bonds. The summed E-state index contributed by atoms with van der Waals surface area (Å²) in [5, 5.41) is 0. The van der Waals surface area contributed by atoms with Gasteiger partial charge in [-0.1, -0.05) is 84.9 Å². The van der Waals surface area contributed by atoms with E-state index in [2.05, 4.69) is 53.4 Å². The van der Waals surface area contributed by atoms with Gasteiger partial charge in [-0.2, -0.15) is 0 Å². The first-order chi connectivity index (χ1) is 12.8. The maximum atomic E-state index is 12.9. The van der Waals surface area contributed by atoms with Gasteiger partial charge < -0.3 is 0 Å². The zero-order chi connectivity index (χ0) is 17.8. The van der Waals surface area contributed by atoms with E-state index in [9.17, 15) is 4.79 Å². The second kappa shape index (κ2) is 7.67. The van der Waals surface area contributed by atoms with Crippen LogP contribution in [-0.4, -0.2) is 17.2 Å². The van der Waals surface area contributed by atoms with Crippen LogP contribution in [0, 0.1) is 0 Å². The van der Waals surface area contributed by atoms with Crippen LogP contribution < -0.4 is 0 Å². The molecule has 1 aliphatic heterocycles. The molecule has 0 radical (unpaired) electrons. The lowest BCUT2D eigenvalue weighted by atomic mass is 9.92. The normalized spacial score (nSPS) is 15.2. The summed E-state index contributed by atoms with van der Waals surface area (Å²) in [6, 6.07) is 28.8. The zero-order valence-electron chi connectivity index (χ0n) is 14.8. The second-order valence-corrected chi connectivity index (χ2v) is 6.91. The fourth-order valence-corrected chi connectivity index (χ4v) is 3.83. The fourth-order valence-electron chi connectivity index (χ4n) is 3.83. The molecule has 0 saturated carbocycles. The topological polar surface area (TPSA) is 20.3 Å². The first-order valence-electron chi connectivity index (χ1n) is 9.25. The monoisotopic (exact) mass is 341 g/mol. The SMILES string of the molecule is O=C(CC(c1ccccc1)N1CCc2ccccc2C1)c1ccccc1. The van der Waals surface area contributed by atoms with Crippen molar-refractivity contribution in [3.8, 4) is 0 Å². The minimum Gasteiger partial charge on any atom is -0.294 e. The minimum absolute atomic E-state index is 0.109. The van der Waals surface area contributed by atoms with Gasteiger partial charge in [0.25, 0.3) is 0 Å². The Morgan fingerprint density at radius 2 is 1.42 bits per heavy atom. The lowest BCUT2D eigenvalue weighted by Crippen LogP contribution is -2.35. The lowest BCUT2D eigenvalue weighted by Gasteiger charge is -2.35. The molecule has 2 heteroatoms. The molecule has 0 fully saturated rings. The quantitative estimate of drug-likeness (QED) is 0.605. The largest absolute Gasteiger partial charge is 0.294 e. The van der Waals surface area contributed by atoms with Crippen LogP contribution in [0.25, 0.3) is 0 Å². The smallest absolute Gasteiger partial charge is 0.164 e. The fraction of sp³-hybridized carbons (Fsp3) is 0.208. The van der Waals surface area contributed by atoms with Crippen molar-refractivity contribution in [1.29, 1.82) is 0 Å². The van der Waals surface area contributed by atoms with E-state index in [0.717, 1.165) is 25.1 Å². The van der Waals surface area contributed by atoms with Crippen LogP contribution >= 0.6 is 0 Å². The molecule has 26 heavy (non-hydrogen) atoms. The van der Waals surface area contributed by atoms with Gasteiger partial charge in [-0.25, -0.2) is 0 Å². The molecule has 1 unspecified atom stereocenters. The van der Waals surface area contributed by atoms with Gasteiger partial charge in [0.15, 0.2) is 5.78 Å². The number of nitrogens with zero attached hydrogens (tertiary/aromatic N) is 1. The molecule has 2 nitrogen and oxygen atoms in total. The summed E-state index contributed by atoms with van der Waals surface area (Å²) < 4.78 is 0. The number of benzene rings is 3. The molecule has 0 aromatic heterocycles. The Kier molecular flexibility index (Phi) is 4.94. The Bertz CT molecular complexity index is 873. The lowest BCUT2D eigenvalue weighted by molar-refractivity contribution is 0.0903. The molecule has 4 rings (SSSR count). The molecule has 0 spiro atoms. The number of ketones is 1. The van der Waals surface area contributed by atoms with Gasteiger partial charge in [0.05, 0.1) is 0 Å². The first-order valence-corrected chi connectivity index (χ1v) is 9.25. The van der Waals surface area contributed by atoms with Crippen LogP contribution in [0.2, 0.25) is 0 Å². The summed E-state index contributed by atoms with van der Waals surface area (Å²) in [6.07, 6.45) is 1.55. The Morgan fingerprint density at radius 1 is 0.808 bits per heavy atom. The maximum Gasteiger partial charge on any atom is 0.164 e. The molecule has 0 aliphatic carbocycles. The van der Waals surface area contributed by atoms with Gasteiger partial charge in [-0.3, -0.25) is 9.69 Å². The highest BCUT2D eigenvalue weighted by Gasteiger charge is 2.26. The van der Waals surface area contributed by atoms with Gasteiger partial charge in [0.2, 0.25) is 0 Å². The van der Waals surface area contributed by atoms with Crippen LogP contribution in [0.15, 0.2) is 84.9 Å². The molecule has 0 saturated heterocycles. The average molecular weight is 341 g/mol. The third-order valence-corrected chi connectivity index (χ3v) is 5.26. The van der Waals surface area contributed by atoms with Gasteiger partial charge in [0.1, 0.15) is 0 Å². The zero-order valence-corrected chi connectivity index (χ0v) is 14.8. The first kappa shape index (κ1) is 16.7. The molecule has 1 aliphatic rings. The summed E-state index contributed by atoms with van der Waals surface area (Å²) in [4.78, 5) is 15.3. The van der Waals surface area contributed by atoms with Crippen molar-refractivity contribution < 1.29 is 4.79 Å². The third-order valence-electron chi connectivity index (χ3n) is 5.26. The summed E-state index contributed by atoms with van der Waals surface area (Å²) in [7, 11) is 0. The van der Waals surface area contributed by atoms with Crippen LogP contribution in [0.1, 0.15) is 39.5 Å². The highest BCUT2D eigenvalue weighted by Crippen LogP contribution is 2.31. The standard InChI is InChI=1S/C24H23NO/c26-24(21-12-5-2-6-13-21)17-23(20-10-3-1-4-11-20)25-16-15-19-9-7-8-14-22(19)18-25/h1-14,23H,15-18H2. The van der Waals surface area contributed by atoms with E-state index in [1.807, 2.05) is 36.4 Å². The van der Waals surface area contributed by atoms with Crippen molar-refractivity contribution in [2.75, 3.05) is 6.54 Å². The van der Waals surface area contributed by atoms with E-state index >= 15 is 0 Å². The van der Waals surface area contributed by atoms with E-state index in [0.29, 0.717) is 6.42 Å². The summed E-state index contributed by atoms with van der Waals surface area (Å²) in [5.74, 6) is 0.207. The predicted molar refractivity (Wildman–Crippen MR) is 105 cm³/mol.